The van der Waals surface area contributed by atoms with Gasteiger partial charge < -0.3 is 14.8 Å². The molecule has 0 spiro atoms. The van der Waals surface area contributed by atoms with Crippen molar-refractivity contribution in [3.8, 4) is 6.07 Å². The standard InChI is InChI=1S/C18H13N7O3/c1-10-6-7-20-18-23-16(24-25(10)18)17(27)28-9-14(26)11(8-19)15-21-12-4-2-3-5-13(12)22-15/h2-7,26H,9H2,1H3,(H,21,22)/b14-11-. The third-order valence-electron chi connectivity index (χ3n) is 3.98. The number of rotatable bonds is 4. The largest absolute Gasteiger partial charge is 0.507 e. The lowest BCUT2D eigenvalue weighted by atomic mass is 10.2. The highest BCUT2D eigenvalue weighted by molar-refractivity contribution is 5.86. The van der Waals surface area contributed by atoms with Gasteiger partial charge in [-0.05, 0) is 25.1 Å². The number of carbonyl (C=O) groups excluding carboxylic acids is 1. The van der Waals surface area contributed by atoms with E-state index in [-0.39, 0.29) is 23.0 Å². The molecule has 0 saturated carbocycles. The Balaban J connectivity index is 1.55. The minimum absolute atomic E-state index is 0.121. The fourth-order valence-corrected chi connectivity index (χ4v) is 2.59. The van der Waals surface area contributed by atoms with Gasteiger partial charge in [0, 0.05) is 11.9 Å². The number of fused-ring (bicyclic) bond motifs is 2. The molecule has 10 heteroatoms. The summed E-state index contributed by atoms with van der Waals surface area (Å²) >= 11 is 0. The molecule has 3 aromatic heterocycles. The van der Waals surface area contributed by atoms with E-state index in [0.717, 1.165) is 5.69 Å². The molecule has 1 aromatic carbocycles. The van der Waals surface area contributed by atoms with Crippen LogP contribution in [-0.2, 0) is 4.74 Å². The van der Waals surface area contributed by atoms with Crippen molar-refractivity contribution in [1.82, 2.24) is 29.5 Å². The summed E-state index contributed by atoms with van der Waals surface area (Å²) in [6, 6.07) is 10.8. The van der Waals surface area contributed by atoms with Crippen LogP contribution < -0.4 is 0 Å². The molecular weight excluding hydrogens is 362 g/mol. The first-order chi connectivity index (χ1) is 13.6. The summed E-state index contributed by atoms with van der Waals surface area (Å²) in [4.78, 5) is 27.4. The Kier molecular flexibility index (Phi) is 4.17. The zero-order valence-corrected chi connectivity index (χ0v) is 14.6. The van der Waals surface area contributed by atoms with E-state index in [9.17, 15) is 15.2 Å². The summed E-state index contributed by atoms with van der Waals surface area (Å²) in [6.07, 6.45) is 1.55. The van der Waals surface area contributed by atoms with Crippen LogP contribution in [0.3, 0.4) is 0 Å². The van der Waals surface area contributed by atoms with Crippen LogP contribution in [0.2, 0.25) is 0 Å². The van der Waals surface area contributed by atoms with Crippen molar-refractivity contribution in [3.63, 3.8) is 0 Å². The lowest BCUT2D eigenvalue weighted by Crippen LogP contribution is -2.11. The highest BCUT2D eigenvalue weighted by atomic mass is 16.5. The predicted molar refractivity (Wildman–Crippen MR) is 97.1 cm³/mol. The van der Waals surface area contributed by atoms with Crippen molar-refractivity contribution in [2.24, 2.45) is 0 Å². The van der Waals surface area contributed by atoms with E-state index < -0.39 is 18.3 Å². The average molecular weight is 375 g/mol. The van der Waals surface area contributed by atoms with Gasteiger partial charge in [0.05, 0.1) is 11.0 Å². The van der Waals surface area contributed by atoms with Crippen molar-refractivity contribution in [2.75, 3.05) is 6.61 Å². The topological polar surface area (TPSA) is 142 Å². The Labute approximate surface area is 157 Å². The van der Waals surface area contributed by atoms with Gasteiger partial charge in [0.2, 0.25) is 0 Å². The molecule has 138 valence electrons. The Morgan fingerprint density at radius 2 is 2.14 bits per heavy atom. The first kappa shape index (κ1) is 17.2. The number of aliphatic hydroxyl groups is 1. The number of aryl methyl sites for hydroxylation is 1. The van der Waals surface area contributed by atoms with Gasteiger partial charge in [0.25, 0.3) is 11.6 Å². The number of carbonyl (C=O) groups is 1. The summed E-state index contributed by atoms with van der Waals surface area (Å²) in [5, 5.41) is 23.6. The third-order valence-corrected chi connectivity index (χ3v) is 3.98. The second kappa shape index (κ2) is 6.81. The fourth-order valence-electron chi connectivity index (χ4n) is 2.59. The summed E-state index contributed by atoms with van der Waals surface area (Å²) in [7, 11) is 0. The van der Waals surface area contributed by atoms with Crippen LogP contribution in [0.25, 0.3) is 22.4 Å². The van der Waals surface area contributed by atoms with E-state index >= 15 is 0 Å². The van der Waals surface area contributed by atoms with Crippen LogP contribution in [0.5, 0.6) is 0 Å². The van der Waals surface area contributed by atoms with Crippen molar-refractivity contribution < 1.29 is 14.6 Å². The molecule has 0 aliphatic heterocycles. The molecular formula is C18H13N7O3. The lowest BCUT2D eigenvalue weighted by Gasteiger charge is -2.03. The molecule has 4 rings (SSSR count). The Morgan fingerprint density at radius 1 is 1.32 bits per heavy atom. The molecule has 0 aliphatic carbocycles. The smallest absolute Gasteiger partial charge is 0.378 e. The normalized spacial score (nSPS) is 12.0. The number of aliphatic hydroxyl groups excluding tert-OH is 1. The zero-order valence-electron chi connectivity index (χ0n) is 14.6. The van der Waals surface area contributed by atoms with Crippen molar-refractivity contribution in [1.29, 1.82) is 5.26 Å². The second-order valence-electron chi connectivity index (χ2n) is 5.85. The highest BCUT2D eigenvalue weighted by Gasteiger charge is 2.19. The minimum Gasteiger partial charge on any atom is -0.507 e. The molecule has 0 bridgehead atoms. The highest BCUT2D eigenvalue weighted by Crippen LogP contribution is 2.19. The van der Waals surface area contributed by atoms with E-state index in [2.05, 4.69) is 25.0 Å². The van der Waals surface area contributed by atoms with Gasteiger partial charge in [0.15, 0.2) is 18.2 Å². The van der Waals surface area contributed by atoms with Crippen molar-refractivity contribution >= 4 is 28.4 Å². The first-order valence-corrected chi connectivity index (χ1v) is 8.19. The van der Waals surface area contributed by atoms with Crippen LogP contribution in [0.4, 0.5) is 0 Å². The lowest BCUT2D eigenvalue weighted by molar-refractivity contribution is 0.0489. The van der Waals surface area contributed by atoms with Gasteiger partial charge in [-0.3, -0.25) is 0 Å². The van der Waals surface area contributed by atoms with Gasteiger partial charge >= 0.3 is 5.97 Å². The number of nitrogens with one attached hydrogen (secondary N) is 1. The van der Waals surface area contributed by atoms with Crippen LogP contribution in [0.15, 0.2) is 42.3 Å². The molecule has 2 N–H and O–H groups in total. The number of ether oxygens (including phenoxy) is 1. The first-order valence-electron chi connectivity index (χ1n) is 8.19. The van der Waals surface area contributed by atoms with Gasteiger partial charge in [0.1, 0.15) is 11.6 Å². The molecule has 28 heavy (non-hydrogen) atoms. The minimum atomic E-state index is -0.849. The molecule has 10 nitrogen and oxygen atoms in total. The number of nitriles is 1. The Bertz CT molecular complexity index is 1250. The number of benzene rings is 1. The number of allylic oxidation sites excluding steroid dienone is 1. The van der Waals surface area contributed by atoms with Crippen LogP contribution in [-0.4, -0.2) is 47.2 Å². The summed E-state index contributed by atoms with van der Waals surface area (Å²) in [5.74, 6) is -1.04. The molecule has 0 aliphatic rings. The van der Waals surface area contributed by atoms with Crippen molar-refractivity contribution in [3.05, 3.63) is 59.6 Å². The Morgan fingerprint density at radius 3 is 2.89 bits per heavy atom. The predicted octanol–water partition coefficient (Wildman–Crippen LogP) is 1.96. The Hall–Kier alpha value is -4.26. The quantitative estimate of drug-likeness (QED) is 0.313. The van der Waals surface area contributed by atoms with E-state index in [1.807, 2.05) is 18.2 Å². The number of imidazole rings is 1. The van der Waals surface area contributed by atoms with Gasteiger partial charge in [-0.15, -0.1) is 5.10 Å². The van der Waals surface area contributed by atoms with E-state index in [1.165, 1.54) is 4.52 Å². The van der Waals surface area contributed by atoms with Crippen molar-refractivity contribution in [2.45, 2.75) is 6.92 Å². The summed E-state index contributed by atoms with van der Waals surface area (Å²) in [6.45, 7) is 1.26. The van der Waals surface area contributed by atoms with E-state index in [4.69, 9.17) is 4.74 Å². The molecule has 0 fully saturated rings. The van der Waals surface area contributed by atoms with Gasteiger partial charge in [-0.1, -0.05) is 12.1 Å². The third kappa shape index (κ3) is 3.01. The number of H-pyrrole nitrogens is 1. The number of hydrogen-bond donors (Lipinski definition) is 2. The zero-order chi connectivity index (χ0) is 19.7. The maximum atomic E-state index is 12.2. The molecule has 0 amide bonds. The van der Waals surface area contributed by atoms with Crippen LogP contribution in [0, 0.1) is 18.3 Å². The molecule has 4 aromatic rings. The van der Waals surface area contributed by atoms with E-state index in [0.29, 0.717) is 11.0 Å². The maximum Gasteiger partial charge on any atom is 0.378 e. The number of aromatic nitrogens is 6. The number of nitrogens with zero attached hydrogens (tertiary/aromatic N) is 6. The molecule has 0 unspecified atom stereocenters. The average Bonchev–Trinajstić information content (AvgIpc) is 3.31. The molecule has 0 atom stereocenters. The number of hydrogen-bond acceptors (Lipinski definition) is 8. The monoisotopic (exact) mass is 375 g/mol. The maximum absolute atomic E-state index is 12.2. The fraction of sp³-hybridized carbons (Fsp3) is 0.111. The summed E-state index contributed by atoms with van der Waals surface area (Å²) in [5.41, 5.74) is 1.99. The van der Waals surface area contributed by atoms with Gasteiger partial charge in [-0.2, -0.15) is 10.2 Å². The molecule has 0 radical (unpaired) electrons. The van der Waals surface area contributed by atoms with Crippen LogP contribution >= 0.6 is 0 Å². The number of para-hydroxylation sites is 2. The number of esters is 1. The van der Waals surface area contributed by atoms with Gasteiger partial charge in [-0.25, -0.2) is 19.3 Å². The van der Waals surface area contributed by atoms with Crippen LogP contribution in [0.1, 0.15) is 22.1 Å². The molecule has 3 heterocycles. The number of aromatic amines is 1. The van der Waals surface area contributed by atoms with E-state index in [1.54, 1.807) is 31.3 Å². The molecule has 0 saturated heterocycles. The summed E-state index contributed by atoms with van der Waals surface area (Å²) < 4.78 is 6.44. The SMILES string of the molecule is Cc1ccnc2nc(C(=O)OC/C(O)=C(\C#N)c3nc4ccccc4[nH]3)nn12. The second-order valence-corrected chi connectivity index (χ2v) is 5.85.